The van der Waals surface area contributed by atoms with Crippen LogP contribution in [0.4, 0.5) is 10.5 Å². The number of hydrogen-bond donors (Lipinski definition) is 1. The molecule has 1 N–H and O–H groups in total. The molecule has 1 aliphatic heterocycles. The maximum Gasteiger partial charge on any atom is 0.335 e. The van der Waals surface area contributed by atoms with Crippen LogP contribution in [-0.2, 0) is 16.2 Å². The van der Waals surface area contributed by atoms with Crippen molar-refractivity contribution in [3.63, 3.8) is 0 Å². The number of hydrogen-bond acceptors (Lipinski definition) is 6. The van der Waals surface area contributed by atoms with Crippen molar-refractivity contribution in [3.05, 3.63) is 100 Å². The summed E-state index contributed by atoms with van der Waals surface area (Å²) in [5.74, 6) is -2.58. The number of anilines is 1. The van der Waals surface area contributed by atoms with Gasteiger partial charge in [0.05, 0.1) is 11.7 Å². The molecule has 1 heterocycles. The highest BCUT2D eigenvalue weighted by molar-refractivity contribution is 6.39. The van der Waals surface area contributed by atoms with Gasteiger partial charge in [-0.25, -0.2) is 9.69 Å². The molecule has 9 heteroatoms. The van der Waals surface area contributed by atoms with Gasteiger partial charge in [-0.05, 0) is 53.6 Å². The monoisotopic (exact) mass is 475 g/mol. The second-order valence-electron chi connectivity index (χ2n) is 7.25. The van der Waals surface area contributed by atoms with Crippen molar-refractivity contribution >= 4 is 47.2 Å². The summed E-state index contributed by atoms with van der Waals surface area (Å²) in [5.41, 5.74) is 1.03. The molecule has 0 atom stereocenters. The first-order chi connectivity index (χ1) is 16.3. The first-order valence-corrected chi connectivity index (χ1v) is 10.4. The molecule has 0 bridgehead atoms. The van der Waals surface area contributed by atoms with Gasteiger partial charge < -0.3 is 14.6 Å². The van der Waals surface area contributed by atoms with Gasteiger partial charge in [0.1, 0.15) is 17.9 Å². The quantitative estimate of drug-likeness (QED) is 0.433. The van der Waals surface area contributed by atoms with Crippen molar-refractivity contribution in [3.8, 4) is 5.75 Å². The smallest absolute Gasteiger partial charge is 0.335 e. The van der Waals surface area contributed by atoms with E-state index < -0.39 is 23.8 Å². The predicted molar refractivity (Wildman–Crippen MR) is 122 cm³/mol. The topological polar surface area (TPSA) is 116 Å². The number of rotatable bonds is 6. The lowest BCUT2D eigenvalue weighted by Gasteiger charge is -2.26. The molecule has 34 heavy (non-hydrogen) atoms. The van der Waals surface area contributed by atoms with Crippen LogP contribution < -0.4 is 20.1 Å². The van der Waals surface area contributed by atoms with Crippen LogP contribution >= 0.6 is 11.6 Å². The fourth-order valence-corrected chi connectivity index (χ4v) is 3.44. The molecule has 4 amide bonds. The zero-order valence-electron chi connectivity index (χ0n) is 17.5. The molecule has 170 valence electrons. The lowest BCUT2D eigenvalue weighted by molar-refractivity contribution is -0.255. The van der Waals surface area contributed by atoms with Crippen LogP contribution in [0.3, 0.4) is 0 Å². The molecule has 0 unspecified atom stereocenters. The van der Waals surface area contributed by atoms with E-state index in [0.29, 0.717) is 21.9 Å². The Morgan fingerprint density at radius 2 is 1.74 bits per heavy atom. The van der Waals surface area contributed by atoms with Crippen molar-refractivity contribution in [1.29, 1.82) is 0 Å². The molecule has 1 fully saturated rings. The minimum atomic E-state index is -1.30. The summed E-state index contributed by atoms with van der Waals surface area (Å²) in [5, 5.41) is 13.7. The molecular formula is C25H16ClN2O6-. The molecule has 8 nitrogen and oxygen atoms in total. The van der Waals surface area contributed by atoms with Gasteiger partial charge in [0.25, 0.3) is 11.8 Å². The molecule has 0 aromatic heterocycles. The van der Waals surface area contributed by atoms with E-state index in [9.17, 15) is 24.3 Å². The second kappa shape index (κ2) is 9.60. The lowest BCUT2D eigenvalue weighted by Crippen LogP contribution is -2.54. The zero-order valence-corrected chi connectivity index (χ0v) is 18.2. The first kappa shape index (κ1) is 22.8. The highest BCUT2D eigenvalue weighted by Crippen LogP contribution is 2.26. The number of nitrogens with zero attached hydrogens (tertiary/aromatic N) is 1. The highest BCUT2D eigenvalue weighted by atomic mass is 35.5. The largest absolute Gasteiger partial charge is 0.545 e. The Balaban J connectivity index is 1.62. The fraction of sp³-hybridized carbons (Fsp3) is 0.0400. The normalized spacial score (nSPS) is 14.8. The van der Waals surface area contributed by atoms with Crippen LogP contribution in [0.25, 0.3) is 6.08 Å². The molecule has 1 aliphatic rings. The van der Waals surface area contributed by atoms with Crippen molar-refractivity contribution in [1.82, 2.24) is 5.32 Å². The number of amides is 4. The summed E-state index contributed by atoms with van der Waals surface area (Å²) in [7, 11) is 0. The van der Waals surface area contributed by atoms with Crippen molar-refractivity contribution in [2.45, 2.75) is 6.61 Å². The Labute approximate surface area is 199 Å². The Morgan fingerprint density at radius 1 is 1.00 bits per heavy atom. The third-order valence-electron chi connectivity index (χ3n) is 4.96. The van der Waals surface area contributed by atoms with Crippen LogP contribution in [0.5, 0.6) is 5.75 Å². The number of imide groups is 2. The maximum atomic E-state index is 13.1. The minimum absolute atomic E-state index is 0.0212. The Morgan fingerprint density at radius 3 is 2.47 bits per heavy atom. The van der Waals surface area contributed by atoms with Gasteiger partial charge in [-0.3, -0.25) is 14.9 Å². The van der Waals surface area contributed by atoms with Crippen LogP contribution in [0.15, 0.2) is 78.4 Å². The lowest BCUT2D eigenvalue weighted by atomic mass is 10.1. The number of halogens is 1. The van der Waals surface area contributed by atoms with Gasteiger partial charge in [0.2, 0.25) is 0 Å². The zero-order chi connectivity index (χ0) is 24.2. The van der Waals surface area contributed by atoms with Crippen LogP contribution in [0.2, 0.25) is 5.02 Å². The number of para-hydroxylation sites is 1. The summed E-state index contributed by atoms with van der Waals surface area (Å²) >= 11 is 5.88. The molecule has 0 radical (unpaired) electrons. The van der Waals surface area contributed by atoms with Gasteiger partial charge in [-0.1, -0.05) is 48.0 Å². The minimum Gasteiger partial charge on any atom is -0.545 e. The molecule has 0 saturated carbocycles. The van der Waals surface area contributed by atoms with Crippen LogP contribution in [0, 0.1) is 0 Å². The van der Waals surface area contributed by atoms with Crippen molar-refractivity contribution in [2.24, 2.45) is 0 Å². The van der Waals surface area contributed by atoms with E-state index in [1.165, 1.54) is 42.5 Å². The standard InChI is InChI=1S/C25H17ClN2O6/c26-18-8-10-19(11-9-18)28-23(30)20(22(29)27-25(28)33)13-16-5-1-2-7-21(16)34-14-15-4-3-6-17(12-15)24(31)32/h1-13H,14H2,(H,31,32)(H,27,29,33)/p-1/b20-13+. The predicted octanol–water partition coefficient (Wildman–Crippen LogP) is 2.95. The van der Waals surface area contributed by atoms with Gasteiger partial charge in [-0.2, -0.15) is 0 Å². The number of urea groups is 1. The number of carboxylic acid groups (broad SMARTS) is 1. The Bertz CT molecular complexity index is 1330. The Hall–Kier alpha value is -4.43. The summed E-state index contributed by atoms with van der Waals surface area (Å²) < 4.78 is 5.82. The summed E-state index contributed by atoms with van der Waals surface area (Å²) in [4.78, 5) is 49.8. The third kappa shape index (κ3) is 4.82. The average molecular weight is 476 g/mol. The maximum absolute atomic E-state index is 13.1. The number of aromatic carboxylic acids is 1. The molecule has 0 aliphatic carbocycles. The van der Waals surface area contributed by atoms with E-state index in [0.717, 1.165) is 4.90 Å². The summed E-state index contributed by atoms with van der Waals surface area (Å²) in [6, 6.07) is 18.0. The van der Waals surface area contributed by atoms with E-state index in [1.54, 1.807) is 36.4 Å². The van der Waals surface area contributed by atoms with E-state index >= 15 is 0 Å². The molecular weight excluding hydrogens is 460 g/mol. The number of carboxylic acids is 1. The second-order valence-corrected chi connectivity index (χ2v) is 7.69. The third-order valence-corrected chi connectivity index (χ3v) is 5.21. The molecule has 3 aromatic rings. The molecule has 4 rings (SSSR count). The number of carbonyl (C=O) groups is 4. The first-order valence-electron chi connectivity index (χ1n) is 10.0. The van der Waals surface area contributed by atoms with Crippen molar-refractivity contribution < 1.29 is 29.0 Å². The van der Waals surface area contributed by atoms with E-state index in [4.69, 9.17) is 16.3 Å². The molecule has 3 aromatic carbocycles. The highest BCUT2D eigenvalue weighted by Gasteiger charge is 2.36. The Kier molecular flexibility index (Phi) is 6.42. The number of barbiturate groups is 1. The molecule has 1 saturated heterocycles. The molecule has 0 spiro atoms. The number of carbonyl (C=O) groups excluding carboxylic acids is 4. The number of nitrogens with one attached hydrogen (secondary N) is 1. The van der Waals surface area contributed by atoms with Crippen molar-refractivity contribution in [2.75, 3.05) is 4.90 Å². The summed E-state index contributed by atoms with van der Waals surface area (Å²) in [6.45, 7) is 0.0385. The van der Waals surface area contributed by atoms with Gasteiger partial charge in [0.15, 0.2) is 0 Å². The number of benzene rings is 3. The van der Waals surface area contributed by atoms with E-state index in [2.05, 4.69) is 5.32 Å². The van der Waals surface area contributed by atoms with Gasteiger partial charge in [-0.15, -0.1) is 0 Å². The fourth-order valence-electron chi connectivity index (χ4n) is 3.32. The van der Waals surface area contributed by atoms with Crippen LogP contribution in [0.1, 0.15) is 21.5 Å². The van der Waals surface area contributed by atoms with E-state index in [-0.39, 0.29) is 23.4 Å². The number of ether oxygens (including phenoxy) is 1. The van der Waals surface area contributed by atoms with Gasteiger partial charge >= 0.3 is 6.03 Å². The summed E-state index contributed by atoms with van der Waals surface area (Å²) in [6.07, 6.45) is 1.33. The van der Waals surface area contributed by atoms with Crippen LogP contribution in [-0.4, -0.2) is 23.8 Å². The average Bonchev–Trinajstić information content (AvgIpc) is 2.82. The SMILES string of the molecule is O=C1NC(=O)N(c2ccc(Cl)cc2)C(=O)/C1=C/c1ccccc1OCc1cccc(C(=O)[O-])c1. The van der Waals surface area contributed by atoms with Gasteiger partial charge in [0, 0.05) is 10.6 Å². The van der Waals surface area contributed by atoms with E-state index in [1.807, 2.05) is 0 Å².